The quantitative estimate of drug-likeness (QED) is 0.805. The van der Waals surface area contributed by atoms with Crippen LogP contribution in [0, 0.1) is 13.8 Å². The van der Waals surface area contributed by atoms with Crippen molar-refractivity contribution in [1.29, 1.82) is 0 Å². The van der Waals surface area contributed by atoms with Crippen LogP contribution in [0.15, 0.2) is 24.4 Å². The number of methoxy groups -OCH3 is 2. The first-order chi connectivity index (χ1) is 12.3. The Labute approximate surface area is 151 Å². The van der Waals surface area contributed by atoms with E-state index in [1.807, 2.05) is 0 Å². The first-order valence-electron chi connectivity index (χ1n) is 7.87. The standard InChI is InChI=1S/C18H21N3O5/c1-11-16(8-19-12(2)20-11)18(24)21(10-17(22)23)9-13-5-14(25-3)7-15(6-13)26-4/h5-8H,9-10H2,1-4H3,(H,22,23). The van der Waals surface area contributed by atoms with Gasteiger partial charge in [0.25, 0.3) is 5.91 Å². The molecular weight excluding hydrogens is 338 g/mol. The predicted octanol–water partition coefficient (Wildman–Crippen LogP) is 1.84. The van der Waals surface area contributed by atoms with Crippen LogP contribution in [0.3, 0.4) is 0 Å². The number of aryl methyl sites for hydroxylation is 2. The number of aromatic nitrogens is 2. The molecule has 1 aromatic heterocycles. The topological polar surface area (TPSA) is 102 Å². The molecule has 0 aliphatic carbocycles. The third kappa shape index (κ3) is 4.69. The fourth-order valence-corrected chi connectivity index (χ4v) is 2.50. The maximum absolute atomic E-state index is 12.8. The maximum atomic E-state index is 12.8. The molecule has 8 heteroatoms. The highest BCUT2D eigenvalue weighted by atomic mass is 16.5. The van der Waals surface area contributed by atoms with Gasteiger partial charge in [0.2, 0.25) is 0 Å². The number of hydrogen-bond acceptors (Lipinski definition) is 6. The van der Waals surface area contributed by atoms with Crippen molar-refractivity contribution in [3.05, 3.63) is 47.0 Å². The molecule has 0 radical (unpaired) electrons. The smallest absolute Gasteiger partial charge is 0.323 e. The summed E-state index contributed by atoms with van der Waals surface area (Å²) >= 11 is 0. The maximum Gasteiger partial charge on any atom is 0.323 e. The number of carboxylic acids is 1. The third-order valence-electron chi connectivity index (χ3n) is 3.73. The molecule has 0 saturated heterocycles. The summed E-state index contributed by atoms with van der Waals surface area (Å²) in [6.07, 6.45) is 1.42. The second-order valence-electron chi connectivity index (χ2n) is 5.69. The van der Waals surface area contributed by atoms with Crippen LogP contribution in [0.5, 0.6) is 11.5 Å². The van der Waals surface area contributed by atoms with E-state index < -0.39 is 18.4 Å². The van der Waals surface area contributed by atoms with E-state index in [0.29, 0.717) is 28.6 Å². The summed E-state index contributed by atoms with van der Waals surface area (Å²) in [4.78, 5) is 33.5. The van der Waals surface area contributed by atoms with E-state index in [1.165, 1.54) is 25.3 Å². The molecule has 2 rings (SSSR count). The Balaban J connectivity index is 2.35. The van der Waals surface area contributed by atoms with Gasteiger partial charge >= 0.3 is 5.97 Å². The highest BCUT2D eigenvalue weighted by Crippen LogP contribution is 2.24. The van der Waals surface area contributed by atoms with E-state index >= 15 is 0 Å². The normalized spacial score (nSPS) is 10.3. The Morgan fingerprint density at radius 3 is 2.23 bits per heavy atom. The predicted molar refractivity (Wildman–Crippen MR) is 93.4 cm³/mol. The monoisotopic (exact) mass is 359 g/mol. The van der Waals surface area contributed by atoms with Crippen molar-refractivity contribution >= 4 is 11.9 Å². The van der Waals surface area contributed by atoms with Crippen molar-refractivity contribution < 1.29 is 24.2 Å². The van der Waals surface area contributed by atoms with Gasteiger partial charge in [0, 0.05) is 18.8 Å². The molecule has 0 aliphatic rings. The molecule has 8 nitrogen and oxygen atoms in total. The number of rotatable bonds is 7. The molecule has 1 aromatic carbocycles. The van der Waals surface area contributed by atoms with Gasteiger partial charge in [-0.25, -0.2) is 9.97 Å². The minimum Gasteiger partial charge on any atom is -0.497 e. The van der Waals surface area contributed by atoms with Gasteiger partial charge in [-0.15, -0.1) is 0 Å². The van der Waals surface area contributed by atoms with Gasteiger partial charge in [-0.05, 0) is 31.5 Å². The van der Waals surface area contributed by atoms with E-state index in [9.17, 15) is 14.7 Å². The van der Waals surface area contributed by atoms with E-state index in [4.69, 9.17) is 9.47 Å². The molecule has 1 heterocycles. The van der Waals surface area contributed by atoms with Crippen LogP contribution in [0.25, 0.3) is 0 Å². The summed E-state index contributed by atoms with van der Waals surface area (Å²) in [6.45, 7) is 3.03. The molecule has 0 bridgehead atoms. The van der Waals surface area contributed by atoms with Crippen LogP contribution >= 0.6 is 0 Å². The number of aliphatic carboxylic acids is 1. The molecule has 2 aromatic rings. The minimum absolute atomic E-state index is 0.0754. The molecule has 26 heavy (non-hydrogen) atoms. The second-order valence-corrected chi connectivity index (χ2v) is 5.69. The van der Waals surface area contributed by atoms with Gasteiger partial charge in [0.05, 0.1) is 25.5 Å². The summed E-state index contributed by atoms with van der Waals surface area (Å²) < 4.78 is 10.4. The first kappa shape index (κ1) is 19.2. The lowest BCUT2D eigenvalue weighted by atomic mass is 10.1. The van der Waals surface area contributed by atoms with Crippen LogP contribution < -0.4 is 9.47 Å². The summed E-state index contributed by atoms with van der Waals surface area (Å²) in [5.74, 6) is 0.0841. The fraction of sp³-hybridized carbons (Fsp3) is 0.333. The van der Waals surface area contributed by atoms with Crippen molar-refractivity contribution in [1.82, 2.24) is 14.9 Å². The number of carbonyl (C=O) groups excluding carboxylic acids is 1. The van der Waals surface area contributed by atoms with E-state index in [2.05, 4.69) is 9.97 Å². The molecule has 0 fully saturated rings. The van der Waals surface area contributed by atoms with Crippen LogP contribution in [-0.2, 0) is 11.3 Å². The van der Waals surface area contributed by atoms with Crippen LogP contribution in [-0.4, -0.2) is 52.6 Å². The molecule has 0 atom stereocenters. The Bertz CT molecular complexity index is 800. The fourth-order valence-electron chi connectivity index (χ4n) is 2.50. The highest BCUT2D eigenvalue weighted by Gasteiger charge is 2.22. The lowest BCUT2D eigenvalue weighted by Crippen LogP contribution is -2.35. The number of amides is 1. The Kier molecular flexibility index (Phi) is 6.11. The minimum atomic E-state index is -1.11. The van der Waals surface area contributed by atoms with Gasteiger partial charge in [-0.2, -0.15) is 0 Å². The molecule has 0 spiro atoms. The van der Waals surface area contributed by atoms with Gasteiger partial charge in [-0.3, -0.25) is 9.59 Å². The number of ether oxygens (including phenoxy) is 2. The molecule has 1 N–H and O–H groups in total. The zero-order valence-electron chi connectivity index (χ0n) is 15.1. The number of carboxylic acid groups (broad SMARTS) is 1. The van der Waals surface area contributed by atoms with E-state index in [1.54, 1.807) is 32.0 Å². The van der Waals surface area contributed by atoms with E-state index in [-0.39, 0.29) is 12.1 Å². The molecule has 1 amide bonds. The molecular formula is C18H21N3O5. The average Bonchev–Trinajstić information content (AvgIpc) is 2.59. The molecule has 0 aliphatic heterocycles. The first-order valence-corrected chi connectivity index (χ1v) is 7.87. The van der Waals surface area contributed by atoms with Gasteiger partial charge < -0.3 is 19.5 Å². The largest absolute Gasteiger partial charge is 0.497 e. The van der Waals surface area contributed by atoms with Crippen molar-refractivity contribution in [3.8, 4) is 11.5 Å². The average molecular weight is 359 g/mol. The Morgan fingerprint density at radius 2 is 1.73 bits per heavy atom. The second kappa shape index (κ2) is 8.28. The lowest BCUT2D eigenvalue weighted by Gasteiger charge is -2.22. The Morgan fingerprint density at radius 1 is 1.12 bits per heavy atom. The number of nitrogens with zero attached hydrogens (tertiary/aromatic N) is 3. The summed E-state index contributed by atoms with van der Waals surface area (Å²) in [7, 11) is 3.04. The lowest BCUT2D eigenvalue weighted by molar-refractivity contribution is -0.137. The van der Waals surface area contributed by atoms with E-state index in [0.717, 1.165) is 0 Å². The van der Waals surface area contributed by atoms with Crippen LogP contribution in [0.4, 0.5) is 0 Å². The summed E-state index contributed by atoms with van der Waals surface area (Å²) in [5.41, 5.74) is 1.45. The highest BCUT2D eigenvalue weighted by molar-refractivity contribution is 5.96. The third-order valence-corrected chi connectivity index (χ3v) is 3.73. The number of benzene rings is 1. The van der Waals surface area contributed by atoms with Crippen molar-refractivity contribution in [2.24, 2.45) is 0 Å². The summed E-state index contributed by atoms with van der Waals surface area (Å²) in [5, 5.41) is 9.20. The van der Waals surface area contributed by atoms with Gasteiger partial charge in [0.1, 0.15) is 23.9 Å². The van der Waals surface area contributed by atoms with Crippen molar-refractivity contribution in [2.45, 2.75) is 20.4 Å². The summed E-state index contributed by atoms with van der Waals surface area (Å²) in [6, 6.07) is 5.15. The van der Waals surface area contributed by atoms with Gasteiger partial charge in [-0.1, -0.05) is 0 Å². The zero-order valence-corrected chi connectivity index (χ0v) is 15.1. The molecule has 0 unspecified atom stereocenters. The number of hydrogen-bond donors (Lipinski definition) is 1. The zero-order chi connectivity index (χ0) is 19.3. The molecule has 138 valence electrons. The van der Waals surface area contributed by atoms with Crippen LogP contribution in [0.1, 0.15) is 27.4 Å². The van der Waals surface area contributed by atoms with Gasteiger partial charge in [0.15, 0.2) is 0 Å². The Hall–Kier alpha value is -3.16. The van der Waals surface area contributed by atoms with Crippen molar-refractivity contribution in [3.63, 3.8) is 0 Å². The van der Waals surface area contributed by atoms with Crippen molar-refractivity contribution in [2.75, 3.05) is 20.8 Å². The SMILES string of the molecule is COc1cc(CN(CC(=O)O)C(=O)c2cnc(C)nc2C)cc(OC)c1. The molecule has 0 saturated carbocycles. The van der Waals surface area contributed by atoms with Crippen LogP contribution in [0.2, 0.25) is 0 Å². The number of carbonyl (C=O) groups is 2.